The molecule has 1 heterocycles. The van der Waals surface area contributed by atoms with Crippen LogP contribution in [0.5, 0.6) is 0 Å². The van der Waals surface area contributed by atoms with E-state index in [9.17, 15) is 9.59 Å². The van der Waals surface area contributed by atoms with Gasteiger partial charge in [0.2, 0.25) is 5.91 Å². The van der Waals surface area contributed by atoms with Crippen molar-refractivity contribution in [2.75, 3.05) is 13.6 Å². The molecule has 0 spiro atoms. The molecule has 27 heavy (non-hydrogen) atoms. The van der Waals surface area contributed by atoms with Crippen molar-refractivity contribution in [1.82, 2.24) is 15.2 Å². The molecule has 0 bridgehead atoms. The molecule has 0 aliphatic heterocycles. The van der Waals surface area contributed by atoms with Crippen molar-refractivity contribution in [2.45, 2.75) is 52.5 Å². The summed E-state index contributed by atoms with van der Waals surface area (Å²) >= 11 is 1.62. The summed E-state index contributed by atoms with van der Waals surface area (Å²) in [5.41, 5.74) is 2.76. The molecule has 0 atom stereocenters. The molecular weight excluding hydrogens is 358 g/mol. The Hall–Kier alpha value is -2.21. The highest BCUT2D eigenvalue weighted by Crippen LogP contribution is 2.22. The van der Waals surface area contributed by atoms with Gasteiger partial charge in [-0.25, -0.2) is 4.98 Å². The molecule has 0 aliphatic carbocycles. The van der Waals surface area contributed by atoms with Gasteiger partial charge in [-0.05, 0) is 29.5 Å². The molecule has 2 rings (SSSR count). The van der Waals surface area contributed by atoms with Crippen LogP contribution in [0, 0.1) is 0 Å². The van der Waals surface area contributed by atoms with Crippen molar-refractivity contribution in [2.24, 2.45) is 0 Å². The minimum absolute atomic E-state index is 0.00979. The van der Waals surface area contributed by atoms with Gasteiger partial charge in [-0.3, -0.25) is 9.59 Å². The van der Waals surface area contributed by atoms with E-state index in [-0.39, 0.29) is 23.7 Å². The van der Waals surface area contributed by atoms with Crippen LogP contribution < -0.4 is 5.32 Å². The third kappa shape index (κ3) is 6.17. The van der Waals surface area contributed by atoms with Crippen LogP contribution in [0.2, 0.25) is 0 Å². The fourth-order valence-corrected chi connectivity index (χ4v) is 3.35. The number of hydrogen-bond acceptors (Lipinski definition) is 4. The molecule has 0 fully saturated rings. The first-order chi connectivity index (χ1) is 12.7. The Labute approximate surface area is 165 Å². The highest BCUT2D eigenvalue weighted by molar-refractivity contribution is 7.09. The lowest BCUT2D eigenvalue weighted by Gasteiger charge is -2.19. The second kappa shape index (κ2) is 9.13. The van der Waals surface area contributed by atoms with Gasteiger partial charge < -0.3 is 10.2 Å². The Morgan fingerprint density at radius 3 is 2.41 bits per heavy atom. The standard InChI is InChI=1S/C21H29N3O2S/c1-6-18-23-17(14-27-18)13-24(5)19(25)11-12-22-20(26)15-7-9-16(10-8-15)21(2,3)4/h7-10,14H,6,11-13H2,1-5H3,(H,22,26). The van der Waals surface area contributed by atoms with Gasteiger partial charge in [-0.2, -0.15) is 0 Å². The van der Waals surface area contributed by atoms with E-state index in [2.05, 4.69) is 38.0 Å². The maximum absolute atomic E-state index is 12.2. The summed E-state index contributed by atoms with van der Waals surface area (Å²) in [6.45, 7) is 9.30. The Bertz CT molecular complexity index is 775. The van der Waals surface area contributed by atoms with Crippen LogP contribution >= 0.6 is 11.3 Å². The quantitative estimate of drug-likeness (QED) is 0.786. The largest absolute Gasteiger partial charge is 0.352 e. The lowest BCUT2D eigenvalue weighted by Crippen LogP contribution is -2.32. The summed E-state index contributed by atoms with van der Waals surface area (Å²) < 4.78 is 0. The number of nitrogens with zero attached hydrogens (tertiary/aromatic N) is 2. The Balaban J connectivity index is 1.79. The first-order valence-electron chi connectivity index (χ1n) is 9.26. The van der Waals surface area contributed by atoms with E-state index in [4.69, 9.17) is 0 Å². The highest BCUT2D eigenvalue weighted by atomic mass is 32.1. The number of aromatic nitrogens is 1. The van der Waals surface area contributed by atoms with Crippen LogP contribution in [0.3, 0.4) is 0 Å². The maximum Gasteiger partial charge on any atom is 0.251 e. The molecule has 1 aromatic heterocycles. The van der Waals surface area contributed by atoms with Gasteiger partial charge in [0, 0.05) is 31.0 Å². The van der Waals surface area contributed by atoms with Crippen molar-refractivity contribution in [1.29, 1.82) is 0 Å². The summed E-state index contributed by atoms with van der Waals surface area (Å²) in [5, 5.41) is 5.89. The molecule has 2 amide bonds. The molecular formula is C21H29N3O2S. The molecule has 1 aromatic carbocycles. The second-order valence-electron chi connectivity index (χ2n) is 7.67. The molecule has 146 valence electrons. The number of benzene rings is 1. The van der Waals surface area contributed by atoms with Crippen LogP contribution in [-0.2, 0) is 23.2 Å². The molecule has 0 aliphatic rings. The number of thiazole rings is 1. The zero-order valence-corrected chi connectivity index (χ0v) is 17.7. The highest BCUT2D eigenvalue weighted by Gasteiger charge is 2.15. The van der Waals surface area contributed by atoms with E-state index < -0.39 is 0 Å². The van der Waals surface area contributed by atoms with Gasteiger partial charge in [0.1, 0.15) is 0 Å². The molecule has 0 radical (unpaired) electrons. The van der Waals surface area contributed by atoms with Crippen LogP contribution in [0.15, 0.2) is 29.6 Å². The minimum Gasteiger partial charge on any atom is -0.352 e. The van der Waals surface area contributed by atoms with Crippen LogP contribution in [0.4, 0.5) is 0 Å². The third-order valence-corrected chi connectivity index (χ3v) is 5.41. The van der Waals surface area contributed by atoms with Crippen molar-refractivity contribution in [3.05, 3.63) is 51.5 Å². The molecule has 0 unspecified atom stereocenters. The van der Waals surface area contributed by atoms with Gasteiger partial charge in [-0.15, -0.1) is 11.3 Å². The van der Waals surface area contributed by atoms with E-state index in [1.165, 1.54) is 5.56 Å². The lowest BCUT2D eigenvalue weighted by molar-refractivity contribution is -0.130. The number of rotatable bonds is 7. The van der Waals surface area contributed by atoms with Gasteiger partial charge in [-0.1, -0.05) is 39.8 Å². The van der Waals surface area contributed by atoms with E-state index in [1.807, 2.05) is 29.6 Å². The third-order valence-electron chi connectivity index (χ3n) is 4.36. The van der Waals surface area contributed by atoms with Gasteiger partial charge in [0.25, 0.3) is 5.91 Å². The average Bonchev–Trinajstić information content (AvgIpc) is 3.08. The van der Waals surface area contributed by atoms with E-state index >= 15 is 0 Å². The predicted octanol–water partition coefficient (Wildman–Crippen LogP) is 3.78. The van der Waals surface area contributed by atoms with Crippen LogP contribution in [-0.4, -0.2) is 35.3 Å². The van der Waals surface area contributed by atoms with Crippen molar-refractivity contribution < 1.29 is 9.59 Å². The molecule has 6 heteroatoms. The fourth-order valence-electron chi connectivity index (χ4n) is 2.61. The van der Waals surface area contributed by atoms with Gasteiger partial charge in [0.15, 0.2) is 0 Å². The fraction of sp³-hybridized carbons (Fsp3) is 0.476. The molecule has 0 saturated heterocycles. The number of amides is 2. The monoisotopic (exact) mass is 387 g/mol. The second-order valence-corrected chi connectivity index (χ2v) is 8.61. The number of carbonyl (C=O) groups excluding carboxylic acids is 2. The number of aryl methyl sites for hydroxylation is 1. The summed E-state index contributed by atoms with van der Waals surface area (Å²) in [6.07, 6.45) is 1.18. The molecule has 1 N–H and O–H groups in total. The Morgan fingerprint density at radius 1 is 1.19 bits per heavy atom. The average molecular weight is 388 g/mol. The summed E-state index contributed by atoms with van der Waals surface area (Å²) in [5.74, 6) is -0.164. The Kier molecular flexibility index (Phi) is 7.13. The summed E-state index contributed by atoms with van der Waals surface area (Å²) in [6, 6.07) is 7.62. The summed E-state index contributed by atoms with van der Waals surface area (Å²) in [4.78, 5) is 30.6. The first-order valence-corrected chi connectivity index (χ1v) is 10.1. The van der Waals surface area contributed by atoms with Crippen molar-refractivity contribution in [3.8, 4) is 0 Å². The molecule has 5 nitrogen and oxygen atoms in total. The Morgan fingerprint density at radius 2 is 1.85 bits per heavy atom. The van der Waals surface area contributed by atoms with Crippen molar-refractivity contribution >= 4 is 23.2 Å². The topological polar surface area (TPSA) is 62.3 Å². The van der Waals surface area contributed by atoms with Gasteiger partial charge in [0.05, 0.1) is 17.2 Å². The number of nitrogens with one attached hydrogen (secondary N) is 1. The minimum atomic E-state index is -0.155. The van der Waals surface area contributed by atoms with Crippen LogP contribution in [0.1, 0.15) is 60.7 Å². The maximum atomic E-state index is 12.2. The van der Waals surface area contributed by atoms with E-state index in [0.717, 1.165) is 17.1 Å². The first kappa shape index (κ1) is 21.1. The number of carbonyl (C=O) groups is 2. The lowest BCUT2D eigenvalue weighted by atomic mass is 9.87. The number of hydrogen-bond donors (Lipinski definition) is 1. The van der Waals surface area contributed by atoms with Gasteiger partial charge >= 0.3 is 0 Å². The zero-order valence-electron chi connectivity index (χ0n) is 16.8. The predicted molar refractivity (Wildman–Crippen MR) is 110 cm³/mol. The van der Waals surface area contributed by atoms with Crippen LogP contribution in [0.25, 0.3) is 0 Å². The van der Waals surface area contributed by atoms with E-state index in [0.29, 0.717) is 18.7 Å². The van der Waals surface area contributed by atoms with E-state index in [1.54, 1.807) is 23.3 Å². The van der Waals surface area contributed by atoms with Crippen molar-refractivity contribution in [3.63, 3.8) is 0 Å². The zero-order chi connectivity index (χ0) is 20.0. The molecule has 0 saturated carbocycles. The summed E-state index contributed by atoms with van der Waals surface area (Å²) in [7, 11) is 1.76. The smallest absolute Gasteiger partial charge is 0.251 e. The SMILES string of the molecule is CCc1nc(CN(C)C(=O)CCNC(=O)c2ccc(C(C)(C)C)cc2)cs1. The normalized spacial score (nSPS) is 11.3. The molecule has 2 aromatic rings.